The van der Waals surface area contributed by atoms with Gasteiger partial charge in [-0.3, -0.25) is 10.2 Å². The van der Waals surface area contributed by atoms with Crippen LogP contribution in [0, 0.1) is 13.8 Å². The van der Waals surface area contributed by atoms with E-state index in [0.29, 0.717) is 28.4 Å². The Hall–Kier alpha value is -3.27. The zero-order valence-electron chi connectivity index (χ0n) is 20.7. The van der Waals surface area contributed by atoms with E-state index < -0.39 is 0 Å². The van der Waals surface area contributed by atoms with Gasteiger partial charge in [-0.05, 0) is 55.9 Å². The number of ether oxygens (including phenoxy) is 1. The van der Waals surface area contributed by atoms with Gasteiger partial charge in [-0.15, -0.1) is 0 Å². The molecular weight excluding hydrogens is 494 g/mol. The number of benzene rings is 2. The largest absolute Gasteiger partial charge is 0.495 e. The van der Waals surface area contributed by atoms with Crippen LogP contribution in [-0.4, -0.2) is 64.1 Å². The second-order valence-electron chi connectivity index (χ2n) is 8.56. The number of thiocarbonyl (C=S) groups is 1. The molecular formula is C26H30ClN7OS. The number of hydrogen-bond donors (Lipinski definition) is 2. The van der Waals surface area contributed by atoms with E-state index in [9.17, 15) is 0 Å². The maximum absolute atomic E-state index is 6.18. The first-order valence-corrected chi connectivity index (χ1v) is 12.5. The molecule has 1 aliphatic heterocycles. The lowest BCUT2D eigenvalue weighted by molar-refractivity contribution is 0.175. The Morgan fingerprint density at radius 3 is 2.36 bits per heavy atom. The average molecular weight is 524 g/mol. The average Bonchev–Trinajstić information content (AvgIpc) is 2.84. The molecule has 3 aromatic rings. The van der Waals surface area contributed by atoms with Gasteiger partial charge in [0.25, 0.3) is 0 Å². The molecule has 0 aliphatic carbocycles. The summed E-state index contributed by atoms with van der Waals surface area (Å²) in [5.41, 5.74) is 3.71. The fourth-order valence-corrected chi connectivity index (χ4v) is 4.40. The minimum atomic E-state index is 0.272. The second kappa shape index (κ2) is 12.1. The number of halogens is 1. The highest BCUT2D eigenvalue weighted by atomic mass is 35.5. The molecule has 0 saturated carbocycles. The van der Waals surface area contributed by atoms with Crippen LogP contribution in [0.25, 0.3) is 0 Å². The minimum Gasteiger partial charge on any atom is -0.495 e. The third-order valence-electron chi connectivity index (χ3n) is 5.74. The summed E-state index contributed by atoms with van der Waals surface area (Å²) in [6, 6.07) is 17.7. The van der Waals surface area contributed by atoms with E-state index in [4.69, 9.17) is 33.5 Å². The van der Waals surface area contributed by atoms with Crippen molar-refractivity contribution in [3.63, 3.8) is 0 Å². The lowest BCUT2D eigenvalue weighted by Crippen LogP contribution is -2.50. The molecule has 0 radical (unpaired) electrons. The van der Waals surface area contributed by atoms with Crippen LogP contribution in [0.15, 0.2) is 59.6 Å². The summed E-state index contributed by atoms with van der Waals surface area (Å²) in [5, 5.41) is 7.28. The Labute approximate surface area is 222 Å². The number of anilines is 2. The Kier molecular flexibility index (Phi) is 8.69. The summed E-state index contributed by atoms with van der Waals surface area (Å²) in [7, 11) is 1.60. The van der Waals surface area contributed by atoms with Gasteiger partial charge in [0.15, 0.2) is 0 Å². The van der Waals surface area contributed by atoms with E-state index in [1.54, 1.807) is 25.3 Å². The monoisotopic (exact) mass is 523 g/mol. The van der Waals surface area contributed by atoms with Gasteiger partial charge in [0.2, 0.25) is 17.0 Å². The molecule has 36 heavy (non-hydrogen) atoms. The highest BCUT2D eigenvalue weighted by Crippen LogP contribution is 2.27. The van der Waals surface area contributed by atoms with Gasteiger partial charge in [-0.1, -0.05) is 41.9 Å². The number of nitrogens with one attached hydrogen (secondary N) is 2. The third-order valence-corrected chi connectivity index (χ3v) is 6.17. The molecule has 4 rings (SSSR count). The minimum absolute atomic E-state index is 0.272. The number of piperazine rings is 1. The molecule has 8 nitrogen and oxygen atoms in total. The Morgan fingerprint density at radius 1 is 1.00 bits per heavy atom. The van der Waals surface area contributed by atoms with Crippen LogP contribution in [0.1, 0.15) is 17.0 Å². The van der Waals surface area contributed by atoms with Crippen molar-refractivity contribution in [2.75, 3.05) is 43.9 Å². The van der Waals surface area contributed by atoms with E-state index in [2.05, 4.69) is 54.7 Å². The molecule has 188 valence electrons. The lowest BCUT2D eigenvalue weighted by Gasteiger charge is -2.36. The van der Waals surface area contributed by atoms with E-state index in [1.807, 2.05) is 26.0 Å². The van der Waals surface area contributed by atoms with Gasteiger partial charge in [-0.25, -0.2) is 9.97 Å². The standard InChI is InChI=1S/C26H30ClN7OS/c1-18-15-19(2)29-24(28-18)31-25(32-26(36)30-22-16-21(27)9-10-23(22)35-3)34-13-11-33(12-14-34)17-20-7-5-4-6-8-20/h4-10,15-16H,11-14,17H2,1-3H3,(H2,28,29,30,31,32,36). The van der Waals surface area contributed by atoms with E-state index in [1.165, 1.54) is 5.56 Å². The molecule has 0 spiro atoms. The maximum Gasteiger partial charge on any atom is 0.229 e. The second-order valence-corrected chi connectivity index (χ2v) is 9.38. The van der Waals surface area contributed by atoms with E-state index in [-0.39, 0.29) is 5.11 Å². The smallest absolute Gasteiger partial charge is 0.229 e. The molecule has 0 unspecified atom stereocenters. The number of rotatable bonds is 5. The maximum atomic E-state index is 6.18. The molecule has 2 N–H and O–H groups in total. The van der Waals surface area contributed by atoms with Gasteiger partial charge >= 0.3 is 0 Å². The van der Waals surface area contributed by atoms with Gasteiger partial charge in [0.1, 0.15) is 5.75 Å². The molecule has 1 fully saturated rings. The van der Waals surface area contributed by atoms with Crippen LogP contribution in [0.4, 0.5) is 11.6 Å². The van der Waals surface area contributed by atoms with Crippen molar-refractivity contribution in [2.45, 2.75) is 20.4 Å². The lowest BCUT2D eigenvalue weighted by atomic mass is 10.2. The summed E-state index contributed by atoms with van der Waals surface area (Å²) < 4.78 is 5.42. The van der Waals surface area contributed by atoms with Crippen molar-refractivity contribution in [2.24, 2.45) is 4.99 Å². The van der Waals surface area contributed by atoms with Crippen LogP contribution in [0.5, 0.6) is 5.75 Å². The summed E-state index contributed by atoms with van der Waals surface area (Å²) in [4.78, 5) is 18.4. The molecule has 1 aromatic heterocycles. The summed E-state index contributed by atoms with van der Waals surface area (Å²) in [5.74, 6) is 1.71. The first-order valence-electron chi connectivity index (χ1n) is 11.7. The molecule has 2 heterocycles. The number of methoxy groups -OCH3 is 1. The number of hydrogen-bond acceptors (Lipinski definition) is 5. The van der Waals surface area contributed by atoms with E-state index in [0.717, 1.165) is 44.1 Å². The first kappa shape index (κ1) is 25.8. The van der Waals surface area contributed by atoms with Gasteiger partial charge in [0.05, 0.1) is 12.8 Å². The van der Waals surface area contributed by atoms with Crippen molar-refractivity contribution < 1.29 is 4.74 Å². The fraction of sp³-hybridized carbons (Fsp3) is 0.308. The van der Waals surface area contributed by atoms with Crippen LogP contribution >= 0.6 is 23.8 Å². The first-order chi connectivity index (χ1) is 17.4. The predicted molar refractivity (Wildman–Crippen MR) is 150 cm³/mol. The normalized spacial score (nSPS) is 14.4. The number of aromatic nitrogens is 2. The highest BCUT2D eigenvalue weighted by Gasteiger charge is 2.21. The zero-order chi connectivity index (χ0) is 25.5. The SMILES string of the molecule is COc1ccc(Cl)cc1NC(=S)/N=C(\Nc1nc(C)cc(C)n1)N1CCN(Cc2ccccc2)CC1. The van der Waals surface area contributed by atoms with Gasteiger partial charge in [0, 0.05) is 49.1 Å². The number of aliphatic imine (C=N–C) groups is 1. The van der Waals surface area contributed by atoms with Crippen molar-refractivity contribution >= 4 is 46.5 Å². The van der Waals surface area contributed by atoms with Crippen molar-refractivity contribution in [3.8, 4) is 5.75 Å². The summed E-state index contributed by atoms with van der Waals surface area (Å²) in [6.07, 6.45) is 0. The Morgan fingerprint density at radius 2 is 1.69 bits per heavy atom. The fourth-order valence-electron chi connectivity index (χ4n) is 4.04. The topological polar surface area (TPSA) is 77.9 Å². The van der Waals surface area contributed by atoms with Crippen LogP contribution in [0.3, 0.4) is 0 Å². The summed E-state index contributed by atoms with van der Waals surface area (Å²) >= 11 is 11.8. The number of nitrogens with zero attached hydrogens (tertiary/aromatic N) is 5. The Bertz CT molecular complexity index is 1210. The molecule has 2 aromatic carbocycles. The van der Waals surface area contributed by atoms with Crippen LogP contribution in [0.2, 0.25) is 5.02 Å². The molecule has 10 heteroatoms. The van der Waals surface area contributed by atoms with Crippen molar-refractivity contribution in [1.29, 1.82) is 0 Å². The third kappa shape index (κ3) is 7.13. The molecule has 0 amide bonds. The summed E-state index contributed by atoms with van der Waals surface area (Å²) in [6.45, 7) is 8.16. The van der Waals surface area contributed by atoms with Crippen LogP contribution in [-0.2, 0) is 6.54 Å². The van der Waals surface area contributed by atoms with Crippen molar-refractivity contribution in [1.82, 2.24) is 19.8 Å². The van der Waals surface area contributed by atoms with E-state index >= 15 is 0 Å². The quantitative estimate of drug-likeness (QED) is 0.282. The predicted octanol–water partition coefficient (Wildman–Crippen LogP) is 4.74. The molecule has 0 bridgehead atoms. The number of aryl methyl sites for hydroxylation is 2. The molecule has 1 aliphatic rings. The zero-order valence-corrected chi connectivity index (χ0v) is 22.2. The number of guanidine groups is 1. The van der Waals surface area contributed by atoms with Crippen molar-refractivity contribution in [3.05, 3.63) is 76.6 Å². The highest BCUT2D eigenvalue weighted by molar-refractivity contribution is 7.80. The van der Waals surface area contributed by atoms with Gasteiger partial charge in [-0.2, -0.15) is 4.99 Å². The van der Waals surface area contributed by atoms with Gasteiger partial charge < -0.3 is 15.0 Å². The Balaban J connectivity index is 1.52. The van der Waals surface area contributed by atoms with Crippen LogP contribution < -0.4 is 15.4 Å². The molecule has 0 atom stereocenters. The molecule has 1 saturated heterocycles.